The lowest BCUT2D eigenvalue weighted by molar-refractivity contribution is 0.102. The molecule has 3 nitrogen and oxygen atoms in total. The van der Waals surface area contributed by atoms with E-state index in [1.165, 1.54) is 11.3 Å². The number of benzene rings is 1. The highest BCUT2D eigenvalue weighted by Crippen LogP contribution is 2.32. The minimum Gasteiger partial charge on any atom is -0.298 e. The van der Waals surface area contributed by atoms with Crippen LogP contribution in [0.25, 0.3) is 0 Å². The van der Waals surface area contributed by atoms with E-state index in [-0.39, 0.29) is 5.91 Å². The molecule has 1 unspecified atom stereocenters. The fraction of sp³-hybridized carbons (Fsp3) is 0.333. The summed E-state index contributed by atoms with van der Waals surface area (Å²) >= 11 is 11.0. The number of anilines is 1. The second-order valence-electron chi connectivity index (χ2n) is 5.32. The average Bonchev–Trinajstić information content (AvgIpc) is 2.82. The van der Waals surface area contributed by atoms with Gasteiger partial charge < -0.3 is 0 Å². The number of carbonyl (C=O) groups is 1. The van der Waals surface area contributed by atoms with Crippen molar-refractivity contribution < 1.29 is 4.79 Å². The predicted octanol–water partition coefficient (Wildman–Crippen LogP) is 4.94. The molecule has 0 bridgehead atoms. The Morgan fingerprint density at radius 1 is 1.52 bits per heavy atom. The van der Waals surface area contributed by atoms with Crippen LogP contribution in [-0.2, 0) is 12.8 Å². The van der Waals surface area contributed by atoms with Gasteiger partial charge in [0, 0.05) is 9.35 Å². The zero-order valence-corrected chi connectivity index (χ0v) is 14.6. The van der Waals surface area contributed by atoms with Crippen molar-refractivity contribution in [2.24, 2.45) is 5.92 Å². The number of nitrogens with zero attached hydrogens (tertiary/aromatic N) is 1. The molecule has 0 saturated heterocycles. The monoisotopic (exact) mass is 384 g/mol. The molecule has 2 aromatic rings. The first kappa shape index (κ1) is 15.0. The third-order valence-electron chi connectivity index (χ3n) is 3.58. The van der Waals surface area contributed by atoms with Crippen LogP contribution >= 0.6 is 38.9 Å². The lowest BCUT2D eigenvalue weighted by Gasteiger charge is -2.15. The van der Waals surface area contributed by atoms with E-state index in [1.54, 1.807) is 23.5 Å². The van der Waals surface area contributed by atoms with Crippen molar-refractivity contribution in [1.29, 1.82) is 0 Å². The van der Waals surface area contributed by atoms with Crippen LogP contribution in [0.5, 0.6) is 0 Å². The molecule has 0 saturated carbocycles. The summed E-state index contributed by atoms with van der Waals surface area (Å²) in [6.45, 7) is 2.25. The second-order valence-corrected chi connectivity index (χ2v) is 7.72. The van der Waals surface area contributed by atoms with E-state index in [4.69, 9.17) is 11.6 Å². The van der Waals surface area contributed by atoms with E-state index in [1.807, 2.05) is 6.07 Å². The third kappa shape index (κ3) is 3.30. The van der Waals surface area contributed by atoms with Gasteiger partial charge in [0.15, 0.2) is 5.13 Å². The van der Waals surface area contributed by atoms with E-state index in [2.05, 4.69) is 33.2 Å². The van der Waals surface area contributed by atoms with Crippen LogP contribution in [0, 0.1) is 5.92 Å². The number of rotatable bonds is 2. The van der Waals surface area contributed by atoms with Gasteiger partial charge in [0.1, 0.15) is 0 Å². The van der Waals surface area contributed by atoms with Crippen molar-refractivity contribution >= 4 is 49.9 Å². The Labute approximate surface area is 140 Å². The van der Waals surface area contributed by atoms with Crippen LogP contribution in [0.1, 0.15) is 34.3 Å². The molecule has 1 aromatic heterocycles. The first-order valence-corrected chi connectivity index (χ1v) is 8.76. The van der Waals surface area contributed by atoms with Crippen molar-refractivity contribution in [3.8, 4) is 0 Å². The van der Waals surface area contributed by atoms with Crippen LogP contribution in [0.15, 0.2) is 22.7 Å². The van der Waals surface area contributed by atoms with Crippen LogP contribution < -0.4 is 5.32 Å². The molecule has 0 fully saturated rings. The van der Waals surface area contributed by atoms with Crippen LogP contribution in [0.3, 0.4) is 0 Å². The van der Waals surface area contributed by atoms with Gasteiger partial charge in [-0.05, 0) is 43.4 Å². The highest BCUT2D eigenvalue weighted by Gasteiger charge is 2.21. The number of amides is 1. The molecule has 1 N–H and O–H groups in total. The molecule has 6 heteroatoms. The molecule has 1 heterocycles. The predicted molar refractivity (Wildman–Crippen MR) is 90.4 cm³/mol. The maximum atomic E-state index is 12.3. The first-order chi connectivity index (χ1) is 10.0. The van der Waals surface area contributed by atoms with Gasteiger partial charge in [-0.3, -0.25) is 10.1 Å². The molecular weight excluding hydrogens is 372 g/mol. The Morgan fingerprint density at radius 3 is 3.14 bits per heavy atom. The average molecular weight is 386 g/mol. The summed E-state index contributed by atoms with van der Waals surface area (Å²) in [4.78, 5) is 18.1. The maximum absolute atomic E-state index is 12.3. The van der Waals surface area contributed by atoms with Crippen LogP contribution in [0.4, 0.5) is 5.13 Å². The van der Waals surface area contributed by atoms with E-state index in [0.29, 0.717) is 21.6 Å². The van der Waals surface area contributed by atoms with E-state index < -0.39 is 0 Å². The van der Waals surface area contributed by atoms with Gasteiger partial charge in [-0.15, -0.1) is 11.3 Å². The van der Waals surface area contributed by atoms with Gasteiger partial charge in [0.25, 0.3) is 5.91 Å². The fourth-order valence-electron chi connectivity index (χ4n) is 2.43. The van der Waals surface area contributed by atoms with Gasteiger partial charge in [-0.1, -0.05) is 34.5 Å². The molecule has 0 radical (unpaired) electrons. The van der Waals surface area contributed by atoms with Crippen LogP contribution in [-0.4, -0.2) is 10.9 Å². The molecule has 110 valence electrons. The summed E-state index contributed by atoms with van der Waals surface area (Å²) in [6.07, 6.45) is 3.22. The molecule has 1 aliphatic rings. The van der Waals surface area contributed by atoms with Gasteiger partial charge in [0.2, 0.25) is 0 Å². The number of carbonyl (C=O) groups excluding carboxylic acids is 1. The normalized spacial score (nSPS) is 17.4. The summed E-state index contributed by atoms with van der Waals surface area (Å²) in [5.41, 5.74) is 1.58. The largest absolute Gasteiger partial charge is 0.298 e. The maximum Gasteiger partial charge on any atom is 0.258 e. The van der Waals surface area contributed by atoms with Crippen molar-refractivity contribution in [3.63, 3.8) is 0 Å². The summed E-state index contributed by atoms with van der Waals surface area (Å²) in [5, 5.41) is 3.96. The summed E-state index contributed by atoms with van der Waals surface area (Å²) in [6, 6.07) is 5.23. The number of thiazole rings is 1. The molecule has 1 amide bonds. The number of fused-ring (bicyclic) bond motifs is 1. The molecule has 1 atom stereocenters. The Bertz CT molecular complexity index is 701. The van der Waals surface area contributed by atoms with Crippen molar-refractivity contribution in [3.05, 3.63) is 43.8 Å². The fourth-order valence-corrected chi connectivity index (χ4v) is 4.16. The lowest BCUT2D eigenvalue weighted by atomic mass is 9.93. The van der Waals surface area contributed by atoms with Gasteiger partial charge >= 0.3 is 0 Å². The quantitative estimate of drug-likeness (QED) is 0.796. The molecule has 1 aromatic carbocycles. The van der Waals surface area contributed by atoms with Gasteiger partial charge in [-0.25, -0.2) is 4.98 Å². The number of hydrogen-bond acceptors (Lipinski definition) is 3. The van der Waals surface area contributed by atoms with Crippen molar-refractivity contribution in [1.82, 2.24) is 4.98 Å². The topological polar surface area (TPSA) is 42.0 Å². The third-order valence-corrected chi connectivity index (χ3v) is 5.44. The number of halogens is 2. The molecule has 1 aliphatic carbocycles. The highest BCUT2D eigenvalue weighted by atomic mass is 79.9. The highest BCUT2D eigenvalue weighted by molar-refractivity contribution is 9.10. The Balaban J connectivity index is 1.80. The molecule has 0 spiro atoms. The summed E-state index contributed by atoms with van der Waals surface area (Å²) in [5.74, 6) is 0.474. The van der Waals surface area contributed by atoms with Crippen molar-refractivity contribution in [2.45, 2.75) is 26.2 Å². The van der Waals surface area contributed by atoms with Gasteiger partial charge in [-0.2, -0.15) is 0 Å². The van der Waals surface area contributed by atoms with Crippen LogP contribution in [0.2, 0.25) is 5.02 Å². The van der Waals surface area contributed by atoms with E-state index in [0.717, 1.165) is 23.0 Å². The standard InChI is InChI=1S/C15H14BrClN2OS/c1-8-2-5-12-13(6-8)21-15(18-12)19-14(20)10-7-9(16)3-4-11(10)17/h3-4,7-8H,2,5-6H2,1H3,(H,18,19,20). The second kappa shape index (κ2) is 6.07. The Morgan fingerprint density at radius 2 is 2.33 bits per heavy atom. The SMILES string of the molecule is CC1CCc2nc(NC(=O)c3cc(Br)ccc3Cl)sc2C1. The summed E-state index contributed by atoms with van der Waals surface area (Å²) in [7, 11) is 0. The van der Waals surface area contributed by atoms with Crippen molar-refractivity contribution in [2.75, 3.05) is 5.32 Å². The molecular formula is C15H14BrClN2OS. The summed E-state index contributed by atoms with van der Waals surface area (Å²) < 4.78 is 0.823. The first-order valence-electron chi connectivity index (χ1n) is 6.78. The smallest absolute Gasteiger partial charge is 0.258 e. The zero-order valence-electron chi connectivity index (χ0n) is 11.5. The Hall–Kier alpha value is -0.910. The molecule has 21 heavy (non-hydrogen) atoms. The number of hydrogen-bond donors (Lipinski definition) is 1. The van der Waals surface area contributed by atoms with Gasteiger partial charge in [0.05, 0.1) is 16.3 Å². The minimum absolute atomic E-state index is 0.222. The number of nitrogens with one attached hydrogen (secondary N) is 1. The minimum atomic E-state index is -0.222. The molecule has 3 rings (SSSR count). The number of aromatic nitrogens is 1. The van der Waals surface area contributed by atoms with E-state index >= 15 is 0 Å². The number of aryl methyl sites for hydroxylation is 1. The Kier molecular flexibility index (Phi) is 4.33. The molecule has 0 aliphatic heterocycles. The van der Waals surface area contributed by atoms with E-state index in [9.17, 15) is 4.79 Å². The zero-order chi connectivity index (χ0) is 15.0. The lowest BCUT2D eigenvalue weighted by Crippen LogP contribution is -2.12.